The highest BCUT2D eigenvalue weighted by molar-refractivity contribution is 5.87. The van der Waals surface area contributed by atoms with E-state index in [4.69, 9.17) is 10.1 Å². The molecule has 2 aromatic heterocycles. The Morgan fingerprint density at radius 3 is 2.74 bits per heavy atom. The largest absolute Gasteiger partial charge is 0.478 e. The Morgan fingerprint density at radius 1 is 1.19 bits per heavy atom. The van der Waals surface area contributed by atoms with Gasteiger partial charge in [0.2, 0.25) is 0 Å². The number of aromatic nitrogens is 2. The number of carbonyl (C=O) groups is 1. The third-order valence-electron chi connectivity index (χ3n) is 5.19. The van der Waals surface area contributed by atoms with Crippen LogP contribution in [-0.4, -0.2) is 39.0 Å². The topological polar surface area (TPSA) is 66.3 Å². The zero-order valence-corrected chi connectivity index (χ0v) is 14.8. The Balaban J connectivity index is 1.40. The van der Waals surface area contributed by atoms with Crippen LogP contribution in [0.5, 0.6) is 0 Å². The number of likely N-dealkylation sites (tertiary alicyclic amines) is 1. The molecule has 3 aromatic rings. The summed E-state index contributed by atoms with van der Waals surface area (Å²) in [4.78, 5) is 22.2. The summed E-state index contributed by atoms with van der Waals surface area (Å²) in [6, 6.07) is 12.2. The molecule has 0 bridgehead atoms. The van der Waals surface area contributed by atoms with Crippen molar-refractivity contribution in [3.05, 3.63) is 71.3 Å². The van der Waals surface area contributed by atoms with Crippen molar-refractivity contribution in [2.24, 2.45) is 0 Å². The predicted octanol–water partition coefficient (Wildman–Crippen LogP) is 3.85. The van der Waals surface area contributed by atoms with Gasteiger partial charge < -0.3 is 5.11 Å². The van der Waals surface area contributed by atoms with E-state index >= 15 is 0 Å². The molecule has 5 nitrogen and oxygen atoms in total. The van der Waals surface area contributed by atoms with Crippen molar-refractivity contribution in [3.8, 4) is 0 Å². The summed E-state index contributed by atoms with van der Waals surface area (Å²) in [5.41, 5.74) is 2.35. The number of benzene rings is 1. The summed E-state index contributed by atoms with van der Waals surface area (Å²) in [5, 5.41) is 9.98. The van der Waals surface area contributed by atoms with Gasteiger partial charge in [0.1, 0.15) is 5.82 Å². The SMILES string of the molecule is O=C(O)c1ccc(CN2CCC(c3ccc4cccnc4n3)CC2)c(F)c1. The number of piperidine rings is 1. The van der Waals surface area contributed by atoms with Crippen molar-refractivity contribution < 1.29 is 14.3 Å². The van der Waals surface area contributed by atoms with Crippen LogP contribution in [0.15, 0.2) is 48.7 Å². The Bertz CT molecular complexity index is 984. The lowest BCUT2D eigenvalue weighted by Crippen LogP contribution is -2.33. The van der Waals surface area contributed by atoms with Crippen molar-refractivity contribution in [1.82, 2.24) is 14.9 Å². The molecule has 1 aromatic carbocycles. The number of carboxylic acid groups (broad SMARTS) is 1. The van der Waals surface area contributed by atoms with Crippen molar-refractivity contribution in [1.29, 1.82) is 0 Å². The van der Waals surface area contributed by atoms with Crippen molar-refractivity contribution in [2.45, 2.75) is 25.3 Å². The lowest BCUT2D eigenvalue weighted by atomic mass is 9.92. The summed E-state index contributed by atoms with van der Waals surface area (Å²) in [5.74, 6) is -1.19. The van der Waals surface area contributed by atoms with E-state index in [9.17, 15) is 9.18 Å². The molecule has 0 saturated carbocycles. The molecule has 0 spiro atoms. The van der Waals surface area contributed by atoms with Crippen LogP contribution in [0.2, 0.25) is 0 Å². The highest BCUT2D eigenvalue weighted by Crippen LogP contribution is 2.28. The van der Waals surface area contributed by atoms with E-state index in [2.05, 4.69) is 22.0 Å². The third-order valence-corrected chi connectivity index (χ3v) is 5.19. The molecule has 0 atom stereocenters. The van der Waals surface area contributed by atoms with E-state index in [1.807, 2.05) is 12.1 Å². The zero-order valence-electron chi connectivity index (χ0n) is 14.8. The molecule has 1 fully saturated rings. The first-order valence-corrected chi connectivity index (χ1v) is 9.06. The quantitative estimate of drug-likeness (QED) is 0.761. The van der Waals surface area contributed by atoms with Crippen molar-refractivity contribution in [3.63, 3.8) is 0 Å². The number of halogens is 1. The molecule has 27 heavy (non-hydrogen) atoms. The van der Waals surface area contributed by atoms with E-state index in [0.717, 1.165) is 48.7 Å². The summed E-state index contributed by atoms with van der Waals surface area (Å²) >= 11 is 0. The monoisotopic (exact) mass is 365 g/mol. The van der Waals surface area contributed by atoms with Gasteiger partial charge in [-0.05, 0) is 62.3 Å². The lowest BCUT2D eigenvalue weighted by molar-refractivity contribution is 0.0696. The fourth-order valence-electron chi connectivity index (χ4n) is 3.63. The zero-order chi connectivity index (χ0) is 18.8. The minimum atomic E-state index is -1.11. The van der Waals surface area contributed by atoms with Crippen LogP contribution in [0.1, 0.15) is 40.4 Å². The Morgan fingerprint density at radius 2 is 2.00 bits per heavy atom. The number of hydrogen-bond acceptors (Lipinski definition) is 4. The second-order valence-electron chi connectivity index (χ2n) is 6.95. The molecule has 0 amide bonds. The minimum Gasteiger partial charge on any atom is -0.478 e. The fourth-order valence-corrected chi connectivity index (χ4v) is 3.63. The Hall–Kier alpha value is -2.86. The van der Waals surface area contributed by atoms with Crippen LogP contribution >= 0.6 is 0 Å². The maximum atomic E-state index is 14.1. The molecule has 0 radical (unpaired) electrons. The van der Waals surface area contributed by atoms with Gasteiger partial charge in [-0.3, -0.25) is 4.90 Å². The summed E-state index contributed by atoms with van der Waals surface area (Å²) in [7, 11) is 0. The molecular formula is C21H20FN3O2. The lowest BCUT2D eigenvalue weighted by Gasteiger charge is -2.31. The molecule has 3 heterocycles. The summed E-state index contributed by atoms with van der Waals surface area (Å²) in [6.07, 6.45) is 3.67. The van der Waals surface area contributed by atoms with Gasteiger partial charge in [0.15, 0.2) is 5.65 Å². The van der Waals surface area contributed by atoms with Gasteiger partial charge in [-0.15, -0.1) is 0 Å². The van der Waals surface area contributed by atoms with Crippen LogP contribution in [0.3, 0.4) is 0 Å². The van der Waals surface area contributed by atoms with Gasteiger partial charge in [-0.2, -0.15) is 0 Å². The van der Waals surface area contributed by atoms with E-state index in [1.54, 1.807) is 12.3 Å². The summed E-state index contributed by atoms with van der Waals surface area (Å²) in [6.45, 7) is 2.20. The number of pyridine rings is 2. The van der Waals surface area contributed by atoms with Crippen LogP contribution in [0.4, 0.5) is 4.39 Å². The standard InChI is InChI=1S/C21H20FN3O2/c22-18-12-16(21(26)27)3-4-17(18)13-25-10-7-14(8-11-25)19-6-5-15-2-1-9-23-20(15)24-19/h1-6,9,12,14H,7-8,10-11,13H2,(H,26,27). The number of hydrogen-bond donors (Lipinski definition) is 1. The first kappa shape index (κ1) is 17.5. The average Bonchev–Trinajstić information content (AvgIpc) is 2.69. The van der Waals surface area contributed by atoms with Gasteiger partial charge >= 0.3 is 5.97 Å². The van der Waals surface area contributed by atoms with Crippen LogP contribution in [0.25, 0.3) is 11.0 Å². The van der Waals surface area contributed by atoms with E-state index in [1.165, 1.54) is 6.07 Å². The molecule has 0 aliphatic carbocycles. The van der Waals surface area contributed by atoms with Gasteiger partial charge in [0.25, 0.3) is 0 Å². The predicted molar refractivity (Wildman–Crippen MR) is 100 cm³/mol. The maximum absolute atomic E-state index is 14.1. The first-order chi connectivity index (χ1) is 13.1. The molecule has 1 saturated heterocycles. The minimum absolute atomic E-state index is 0.0223. The number of carboxylic acids is 1. The molecular weight excluding hydrogens is 345 g/mol. The Kier molecular flexibility index (Phi) is 4.81. The highest BCUT2D eigenvalue weighted by atomic mass is 19.1. The van der Waals surface area contributed by atoms with Gasteiger partial charge in [0.05, 0.1) is 5.56 Å². The van der Waals surface area contributed by atoms with E-state index in [0.29, 0.717) is 18.0 Å². The second kappa shape index (κ2) is 7.40. The van der Waals surface area contributed by atoms with Crippen LogP contribution < -0.4 is 0 Å². The normalized spacial score (nSPS) is 15.9. The summed E-state index contributed by atoms with van der Waals surface area (Å²) < 4.78 is 14.1. The third kappa shape index (κ3) is 3.80. The van der Waals surface area contributed by atoms with Gasteiger partial charge in [0, 0.05) is 35.3 Å². The van der Waals surface area contributed by atoms with Gasteiger partial charge in [-0.25, -0.2) is 19.2 Å². The van der Waals surface area contributed by atoms with Crippen LogP contribution in [-0.2, 0) is 6.54 Å². The molecule has 138 valence electrons. The number of nitrogens with zero attached hydrogens (tertiary/aromatic N) is 3. The molecule has 1 aliphatic rings. The van der Waals surface area contributed by atoms with Crippen molar-refractivity contribution >= 4 is 17.0 Å². The van der Waals surface area contributed by atoms with E-state index < -0.39 is 11.8 Å². The second-order valence-corrected chi connectivity index (χ2v) is 6.95. The molecule has 0 unspecified atom stereocenters. The number of aromatic carboxylic acids is 1. The van der Waals surface area contributed by atoms with Gasteiger partial charge in [-0.1, -0.05) is 6.07 Å². The average molecular weight is 365 g/mol. The van der Waals surface area contributed by atoms with Crippen molar-refractivity contribution in [2.75, 3.05) is 13.1 Å². The molecule has 1 N–H and O–H groups in total. The Labute approximate surface area is 156 Å². The molecule has 4 rings (SSSR count). The van der Waals surface area contributed by atoms with E-state index in [-0.39, 0.29) is 5.56 Å². The molecule has 6 heteroatoms. The highest BCUT2D eigenvalue weighted by Gasteiger charge is 2.22. The number of fused-ring (bicyclic) bond motifs is 1. The fraction of sp³-hybridized carbons (Fsp3) is 0.286. The smallest absolute Gasteiger partial charge is 0.335 e. The van der Waals surface area contributed by atoms with Crippen LogP contribution in [0, 0.1) is 5.82 Å². The maximum Gasteiger partial charge on any atom is 0.335 e. The number of rotatable bonds is 4. The first-order valence-electron chi connectivity index (χ1n) is 9.06. The molecule has 1 aliphatic heterocycles.